The number of hydrogen-bond donors (Lipinski definition) is 2. The van der Waals surface area contributed by atoms with Gasteiger partial charge in [-0.3, -0.25) is 9.20 Å². The number of nitrogens with two attached hydrogens (primary N) is 1. The van der Waals surface area contributed by atoms with Crippen molar-refractivity contribution in [3.8, 4) is 0 Å². The molecule has 0 aromatic carbocycles. The lowest BCUT2D eigenvalue weighted by Gasteiger charge is -2.23. The summed E-state index contributed by atoms with van der Waals surface area (Å²) in [7, 11) is 0. The van der Waals surface area contributed by atoms with E-state index >= 15 is 0 Å². The zero-order chi connectivity index (χ0) is 17.9. The molecule has 0 radical (unpaired) electrons. The van der Waals surface area contributed by atoms with Gasteiger partial charge in [0.2, 0.25) is 0 Å². The minimum absolute atomic E-state index is 0.0120. The predicted molar refractivity (Wildman–Crippen MR) is 95.1 cm³/mol. The molecule has 25 heavy (non-hydrogen) atoms. The SMILES string of the molecule is NC1CCN(c2c(F)cn3c(=O)c(C(=O)O)cc(C4CC4)c3c2Br)C1. The molecule has 0 bridgehead atoms. The fourth-order valence-electron chi connectivity index (χ4n) is 3.54. The molecule has 1 aliphatic carbocycles. The Morgan fingerprint density at radius 2 is 2.08 bits per heavy atom. The van der Waals surface area contributed by atoms with Gasteiger partial charge >= 0.3 is 5.97 Å². The fraction of sp³-hybridized carbons (Fsp3) is 0.412. The summed E-state index contributed by atoms with van der Waals surface area (Å²) in [5.74, 6) is -1.67. The van der Waals surface area contributed by atoms with E-state index < -0.39 is 17.3 Å². The summed E-state index contributed by atoms with van der Waals surface area (Å²) in [5.41, 5.74) is 6.59. The highest BCUT2D eigenvalue weighted by atomic mass is 79.9. The molecule has 2 aromatic heterocycles. The average Bonchev–Trinajstić information content (AvgIpc) is 3.30. The van der Waals surface area contributed by atoms with Gasteiger partial charge in [0.05, 0.1) is 21.9 Å². The van der Waals surface area contributed by atoms with Crippen LogP contribution in [0.5, 0.6) is 0 Å². The summed E-state index contributed by atoms with van der Waals surface area (Å²) in [5, 5.41) is 9.31. The maximum Gasteiger partial charge on any atom is 0.341 e. The molecule has 1 saturated heterocycles. The molecule has 2 aromatic rings. The van der Waals surface area contributed by atoms with Crippen LogP contribution in [0.3, 0.4) is 0 Å². The van der Waals surface area contributed by atoms with Gasteiger partial charge in [-0.05, 0) is 52.7 Å². The van der Waals surface area contributed by atoms with Gasteiger partial charge in [0.25, 0.3) is 5.56 Å². The molecular weight excluding hydrogens is 393 g/mol. The minimum atomic E-state index is -1.30. The lowest BCUT2D eigenvalue weighted by Crippen LogP contribution is -2.29. The Balaban J connectivity index is 2.03. The molecule has 1 saturated carbocycles. The van der Waals surface area contributed by atoms with Crippen molar-refractivity contribution in [2.24, 2.45) is 5.73 Å². The van der Waals surface area contributed by atoms with E-state index in [1.807, 2.05) is 4.90 Å². The summed E-state index contributed by atoms with van der Waals surface area (Å²) in [6.07, 6.45) is 3.73. The van der Waals surface area contributed by atoms with Crippen molar-refractivity contribution in [2.75, 3.05) is 18.0 Å². The van der Waals surface area contributed by atoms with E-state index in [9.17, 15) is 19.1 Å². The second-order valence-corrected chi connectivity index (χ2v) is 7.54. The monoisotopic (exact) mass is 409 g/mol. The standard InChI is InChI=1S/C17H17BrFN3O3/c18-13-14-10(8-1-2-8)5-11(17(24)25)16(23)22(14)7-12(19)15(13)21-4-3-9(20)6-21/h5,7-9H,1-4,6,20H2,(H,24,25). The van der Waals surface area contributed by atoms with E-state index in [0.29, 0.717) is 28.8 Å². The molecular formula is C17H17BrFN3O3. The molecule has 0 spiro atoms. The van der Waals surface area contributed by atoms with Crippen LogP contribution in [-0.2, 0) is 0 Å². The summed E-state index contributed by atoms with van der Waals surface area (Å²) >= 11 is 3.48. The van der Waals surface area contributed by atoms with Crippen LogP contribution in [0.2, 0.25) is 0 Å². The summed E-state index contributed by atoms with van der Waals surface area (Å²) in [6.45, 7) is 1.19. The molecule has 132 valence electrons. The molecule has 4 rings (SSSR count). The van der Waals surface area contributed by atoms with Gasteiger partial charge in [-0.15, -0.1) is 0 Å². The second-order valence-electron chi connectivity index (χ2n) is 6.75. The molecule has 8 heteroatoms. The fourth-order valence-corrected chi connectivity index (χ4v) is 4.40. The van der Waals surface area contributed by atoms with Crippen molar-refractivity contribution in [1.29, 1.82) is 0 Å². The van der Waals surface area contributed by atoms with Gasteiger partial charge in [0, 0.05) is 19.1 Å². The number of pyridine rings is 2. The lowest BCUT2D eigenvalue weighted by molar-refractivity contribution is 0.0694. The van der Waals surface area contributed by atoms with E-state index in [4.69, 9.17) is 5.73 Å². The van der Waals surface area contributed by atoms with Crippen molar-refractivity contribution in [1.82, 2.24) is 4.40 Å². The van der Waals surface area contributed by atoms with Gasteiger partial charge in [-0.1, -0.05) is 0 Å². The van der Waals surface area contributed by atoms with Crippen LogP contribution in [0.25, 0.3) is 5.52 Å². The Bertz CT molecular complexity index is 955. The van der Waals surface area contributed by atoms with Crippen molar-refractivity contribution >= 4 is 33.1 Å². The van der Waals surface area contributed by atoms with Gasteiger partial charge in [0.15, 0.2) is 5.82 Å². The number of halogens is 2. The van der Waals surface area contributed by atoms with Crippen LogP contribution in [0, 0.1) is 5.82 Å². The number of rotatable bonds is 3. The van der Waals surface area contributed by atoms with Gasteiger partial charge in [-0.2, -0.15) is 0 Å². The lowest BCUT2D eigenvalue weighted by atomic mass is 10.1. The number of anilines is 1. The summed E-state index contributed by atoms with van der Waals surface area (Å²) in [6, 6.07) is 1.43. The van der Waals surface area contributed by atoms with Gasteiger partial charge in [-0.25, -0.2) is 9.18 Å². The molecule has 1 unspecified atom stereocenters. The third-order valence-corrected chi connectivity index (χ3v) is 5.69. The molecule has 2 fully saturated rings. The Morgan fingerprint density at radius 3 is 2.64 bits per heavy atom. The molecule has 1 aliphatic heterocycles. The maximum atomic E-state index is 14.8. The van der Waals surface area contributed by atoms with Gasteiger partial charge < -0.3 is 15.7 Å². The highest BCUT2D eigenvalue weighted by Crippen LogP contribution is 2.45. The van der Waals surface area contributed by atoms with Crippen LogP contribution in [0.15, 0.2) is 21.5 Å². The zero-order valence-corrected chi connectivity index (χ0v) is 14.9. The first-order chi connectivity index (χ1) is 11.9. The number of aromatic carboxylic acids is 1. The first kappa shape index (κ1) is 16.5. The quantitative estimate of drug-likeness (QED) is 0.811. The Labute approximate surface area is 151 Å². The van der Waals surface area contributed by atoms with Crippen LogP contribution < -0.4 is 16.2 Å². The van der Waals surface area contributed by atoms with Crippen LogP contribution in [0.4, 0.5) is 10.1 Å². The first-order valence-electron chi connectivity index (χ1n) is 8.19. The zero-order valence-electron chi connectivity index (χ0n) is 13.3. The molecule has 6 nitrogen and oxygen atoms in total. The third-order valence-electron chi connectivity index (χ3n) is 4.94. The Morgan fingerprint density at radius 1 is 1.36 bits per heavy atom. The van der Waals surface area contributed by atoms with Crippen LogP contribution in [-0.4, -0.2) is 34.6 Å². The van der Waals surface area contributed by atoms with E-state index in [1.165, 1.54) is 6.07 Å². The van der Waals surface area contributed by atoms with E-state index in [-0.39, 0.29) is 17.5 Å². The van der Waals surface area contributed by atoms with E-state index in [2.05, 4.69) is 15.9 Å². The van der Waals surface area contributed by atoms with Crippen molar-refractivity contribution < 1.29 is 14.3 Å². The second kappa shape index (κ2) is 5.81. The number of carboxylic acids is 1. The minimum Gasteiger partial charge on any atom is -0.477 e. The summed E-state index contributed by atoms with van der Waals surface area (Å²) < 4.78 is 16.4. The van der Waals surface area contributed by atoms with Crippen molar-refractivity contribution in [3.63, 3.8) is 0 Å². The maximum absolute atomic E-state index is 14.8. The number of fused-ring (bicyclic) bond motifs is 1. The van der Waals surface area contributed by atoms with Crippen LogP contribution >= 0.6 is 15.9 Å². The average molecular weight is 410 g/mol. The number of hydrogen-bond acceptors (Lipinski definition) is 4. The van der Waals surface area contributed by atoms with Crippen molar-refractivity contribution in [3.05, 3.63) is 44.0 Å². The van der Waals surface area contributed by atoms with Crippen molar-refractivity contribution in [2.45, 2.75) is 31.2 Å². The van der Waals surface area contributed by atoms with E-state index in [1.54, 1.807) is 0 Å². The Hall–Kier alpha value is -1.93. The Kier molecular flexibility index (Phi) is 3.84. The smallest absolute Gasteiger partial charge is 0.341 e. The topological polar surface area (TPSA) is 88.0 Å². The molecule has 3 heterocycles. The highest BCUT2D eigenvalue weighted by Gasteiger charge is 2.32. The van der Waals surface area contributed by atoms with Crippen LogP contribution in [0.1, 0.15) is 41.1 Å². The molecule has 0 amide bonds. The number of carbonyl (C=O) groups is 1. The third kappa shape index (κ3) is 2.64. The number of aromatic nitrogens is 1. The normalized spacial score (nSPS) is 20.4. The number of carboxylic acid groups (broad SMARTS) is 1. The van der Waals surface area contributed by atoms with Gasteiger partial charge in [0.1, 0.15) is 5.56 Å². The van der Waals surface area contributed by atoms with E-state index in [0.717, 1.165) is 35.4 Å². The highest BCUT2D eigenvalue weighted by molar-refractivity contribution is 9.10. The molecule has 1 atom stereocenters. The largest absolute Gasteiger partial charge is 0.477 e. The number of nitrogens with zero attached hydrogens (tertiary/aromatic N) is 2. The first-order valence-corrected chi connectivity index (χ1v) is 8.99. The molecule has 3 N–H and O–H groups in total. The molecule has 2 aliphatic rings. The predicted octanol–water partition coefficient (Wildman–Crippen LogP) is 2.31. The summed E-state index contributed by atoms with van der Waals surface area (Å²) in [4.78, 5) is 25.8.